The lowest BCUT2D eigenvalue weighted by molar-refractivity contribution is 0.305. The maximum atomic E-state index is 13.3. The predicted molar refractivity (Wildman–Crippen MR) is 82.2 cm³/mol. The highest BCUT2D eigenvalue weighted by Gasteiger charge is 2.14. The molecule has 20 heavy (non-hydrogen) atoms. The van der Waals surface area contributed by atoms with Crippen LogP contribution >= 0.6 is 0 Å². The van der Waals surface area contributed by atoms with E-state index < -0.39 is 0 Å². The molecule has 0 radical (unpaired) electrons. The van der Waals surface area contributed by atoms with Gasteiger partial charge >= 0.3 is 0 Å². The van der Waals surface area contributed by atoms with Crippen LogP contribution in [-0.4, -0.2) is 38.0 Å². The standard InChI is InChI=1S/C15H25FN4/c1-4-5-9-18-15(17)19-11-14(20(2)3)12-7-6-8-13(16)10-12/h6-8,10,14H,4-5,9,11H2,1-3H3,(H3,17,18,19). The fourth-order valence-corrected chi connectivity index (χ4v) is 1.91. The third-order valence-corrected chi connectivity index (χ3v) is 3.13. The van der Waals surface area contributed by atoms with Crippen LogP contribution in [-0.2, 0) is 0 Å². The number of halogens is 1. The van der Waals surface area contributed by atoms with E-state index in [0.29, 0.717) is 12.5 Å². The van der Waals surface area contributed by atoms with Gasteiger partial charge in [-0.05, 0) is 38.2 Å². The molecule has 1 atom stereocenters. The molecule has 0 amide bonds. The summed E-state index contributed by atoms with van der Waals surface area (Å²) in [6.07, 6.45) is 2.18. The maximum absolute atomic E-state index is 13.3. The van der Waals surface area contributed by atoms with E-state index in [-0.39, 0.29) is 11.9 Å². The summed E-state index contributed by atoms with van der Waals surface area (Å²) in [6.45, 7) is 3.46. The van der Waals surface area contributed by atoms with Crippen molar-refractivity contribution in [1.29, 1.82) is 0 Å². The molecule has 1 aromatic carbocycles. The van der Waals surface area contributed by atoms with Gasteiger partial charge in [-0.15, -0.1) is 0 Å². The Balaban J connectivity index is 2.66. The smallest absolute Gasteiger partial charge is 0.188 e. The molecular weight excluding hydrogens is 255 g/mol. The number of unbranched alkanes of at least 4 members (excludes halogenated alkanes) is 1. The Morgan fingerprint density at radius 3 is 2.80 bits per heavy atom. The third-order valence-electron chi connectivity index (χ3n) is 3.13. The Kier molecular flexibility index (Phi) is 7.01. The van der Waals surface area contributed by atoms with E-state index in [2.05, 4.69) is 17.2 Å². The molecule has 0 bridgehead atoms. The summed E-state index contributed by atoms with van der Waals surface area (Å²) >= 11 is 0. The lowest BCUT2D eigenvalue weighted by Gasteiger charge is -2.23. The average Bonchev–Trinajstić information content (AvgIpc) is 2.39. The van der Waals surface area contributed by atoms with Crippen LogP contribution in [0.4, 0.5) is 4.39 Å². The first kappa shape index (κ1) is 16.4. The second-order valence-electron chi connectivity index (χ2n) is 5.04. The molecule has 0 aromatic heterocycles. The molecule has 1 rings (SSSR count). The summed E-state index contributed by atoms with van der Waals surface area (Å²) in [5, 5.41) is 3.08. The van der Waals surface area contributed by atoms with Crippen molar-refractivity contribution in [3.05, 3.63) is 35.6 Å². The molecule has 0 heterocycles. The van der Waals surface area contributed by atoms with Crippen molar-refractivity contribution >= 4 is 5.96 Å². The molecule has 1 unspecified atom stereocenters. The van der Waals surface area contributed by atoms with Gasteiger partial charge in [-0.25, -0.2) is 4.39 Å². The second-order valence-corrected chi connectivity index (χ2v) is 5.04. The van der Waals surface area contributed by atoms with Crippen LogP contribution in [0.25, 0.3) is 0 Å². The molecule has 0 aliphatic heterocycles. The number of nitrogens with zero attached hydrogens (tertiary/aromatic N) is 2. The molecular formula is C15H25FN4. The summed E-state index contributed by atoms with van der Waals surface area (Å²) in [7, 11) is 3.90. The minimum Gasteiger partial charge on any atom is -0.370 e. The first-order valence-electron chi connectivity index (χ1n) is 7.00. The zero-order valence-electron chi connectivity index (χ0n) is 12.6. The van der Waals surface area contributed by atoms with Gasteiger partial charge in [0.2, 0.25) is 0 Å². The lowest BCUT2D eigenvalue weighted by atomic mass is 10.1. The van der Waals surface area contributed by atoms with Crippen LogP contribution in [0.3, 0.4) is 0 Å². The minimum absolute atomic E-state index is 0.0113. The molecule has 0 saturated heterocycles. The van der Waals surface area contributed by atoms with Crippen LogP contribution < -0.4 is 11.1 Å². The van der Waals surface area contributed by atoms with E-state index in [0.717, 1.165) is 24.9 Å². The van der Waals surface area contributed by atoms with Crippen molar-refractivity contribution in [2.75, 3.05) is 27.2 Å². The van der Waals surface area contributed by atoms with Crippen LogP contribution in [0, 0.1) is 5.82 Å². The van der Waals surface area contributed by atoms with E-state index >= 15 is 0 Å². The van der Waals surface area contributed by atoms with Gasteiger partial charge < -0.3 is 16.0 Å². The van der Waals surface area contributed by atoms with Crippen molar-refractivity contribution in [1.82, 2.24) is 10.2 Å². The molecule has 0 aliphatic carbocycles. The van der Waals surface area contributed by atoms with Gasteiger partial charge in [0.05, 0.1) is 12.6 Å². The number of hydrogen-bond acceptors (Lipinski definition) is 2. The third kappa shape index (κ3) is 5.57. The van der Waals surface area contributed by atoms with E-state index in [1.807, 2.05) is 25.1 Å². The normalized spacial score (nSPS) is 13.6. The Labute approximate surface area is 120 Å². The molecule has 0 saturated carbocycles. The number of nitrogens with one attached hydrogen (secondary N) is 1. The van der Waals surface area contributed by atoms with Gasteiger partial charge in [0.25, 0.3) is 0 Å². The van der Waals surface area contributed by atoms with Gasteiger partial charge in [-0.2, -0.15) is 0 Å². The number of likely N-dealkylation sites (N-methyl/N-ethyl adjacent to an activating group) is 1. The molecule has 0 fully saturated rings. The largest absolute Gasteiger partial charge is 0.370 e. The van der Waals surface area contributed by atoms with E-state index in [1.54, 1.807) is 12.1 Å². The fourth-order valence-electron chi connectivity index (χ4n) is 1.91. The van der Waals surface area contributed by atoms with Crippen molar-refractivity contribution in [2.24, 2.45) is 10.7 Å². The highest BCUT2D eigenvalue weighted by atomic mass is 19.1. The topological polar surface area (TPSA) is 53.6 Å². The molecule has 1 aromatic rings. The van der Waals surface area contributed by atoms with Crippen molar-refractivity contribution < 1.29 is 4.39 Å². The van der Waals surface area contributed by atoms with E-state index in [4.69, 9.17) is 5.73 Å². The minimum atomic E-state index is -0.229. The molecule has 112 valence electrons. The van der Waals surface area contributed by atoms with Gasteiger partial charge in [-0.1, -0.05) is 25.5 Å². The fraction of sp³-hybridized carbons (Fsp3) is 0.533. The maximum Gasteiger partial charge on any atom is 0.188 e. The summed E-state index contributed by atoms with van der Waals surface area (Å²) in [4.78, 5) is 6.35. The Morgan fingerprint density at radius 2 is 2.20 bits per heavy atom. The average molecular weight is 280 g/mol. The molecule has 0 spiro atoms. The molecule has 5 heteroatoms. The van der Waals surface area contributed by atoms with Crippen LogP contribution in [0.5, 0.6) is 0 Å². The SMILES string of the molecule is CCCCNC(N)=NCC(c1cccc(F)c1)N(C)C. The van der Waals surface area contributed by atoms with E-state index in [9.17, 15) is 4.39 Å². The second kappa shape index (κ2) is 8.53. The first-order valence-corrected chi connectivity index (χ1v) is 7.00. The number of nitrogens with two attached hydrogens (primary N) is 1. The highest BCUT2D eigenvalue weighted by Crippen LogP contribution is 2.19. The monoisotopic (exact) mass is 280 g/mol. The summed E-state index contributed by atoms with van der Waals surface area (Å²) in [5.41, 5.74) is 6.72. The number of aliphatic imine (C=N–C) groups is 1. The Morgan fingerprint density at radius 1 is 1.45 bits per heavy atom. The highest BCUT2D eigenvalue weighted by molar-refractivity contribution is 5.77. The number of rotatable bonds is 7. The zero-order valence-corrected chi connectivity index (χ0v) is 12.6. The summed E-state index contributed by atoms with van der Waals surface area (Å²) in [5.74, 6) is 0.217. The first-order chi connectivity index (χ1) is 9.54. The zero-order chi connectivity index (χ0) is 15.0. The Hall–Kier alpha value is -1.62. The quantitative estimate of drug-likeness (QED) is 0.457. The molecule has 0 aliphatic rings. The Bertz CT molecular complexity index is 432. The molecule has 4 nitrogen and oxygen atoms in total. The van der Waals surface area contributed by atoms with Crippen molar-refractivity contribution in [3.8, 4) is 0 Å². The number of guanidine groups is 1. The van der Waals surface area contributed by atoms with Gasteiger partial charge in [0.1, 0.15) is 5.82 Å². The van der Waals surface area contributed by atoms with Gasteiger partial charge in [0.15, 0.2) is 5.96 Å². The number of benzene rings is 1. The summed E-state index contributed by atoms with van der Waals surface area (Å²) < 4.78 is 13.3. The summed E-state index contributed by atoms with van der Waals surface area (Å²) in [6, 6.07) is 6.62. The predicted octanol–water partition coefficient (Wildman–Crippen LogP) is 2.13. The van der Waals surface area contributed by atoms with E-state index in [1.165, 1.54) is 6.07 Å². The van der Waals surface area contributed by atoms with Crippen molar-refractivity contribution in [3.63, 3.8) is 0 Å². The van der Waals surface area contributed by atoms with Crippen molar-refractivity contribution in [2.45, 2.75) is 25.8 Å². The lowest BCUT2D eigenvalue weighted by Crippen LogP contribution is -2.33. The number of hydrogen-bond donors (Lipinski definition) is 2. The molecule has 3 N–H and O–H groups in total. The van der Waals surface area contributed by atoms with Crippen LogP contribution in [0.1, 0.15) is 31.4 Å². The van der Waals surface area contributed by atoms with Gasteiger partial charge in [-0.3, -0.25) is 4.99 Å². The van der Waals surface area contributed by atoms with Gasteiger partial charge in [0, 0.05) is 6.54 Å². The van der Waals surface area contributed by atoms with Crippen LogP contribution in [0.2, 0.25) is 0 Å². The van der Waals surface area contributed by atoms with Crippen LogP contribution in [0.15, 0.2) is 29.3 Å².